The summed E-state index contributed by atoms with van der Waals surface area (Å²) in [5.41, 5.74) is 14.7. The zero-order valence-electron chi connectivity index (χ0n) is 5.45. The lowest BCUT2D eigenvalue weighted by Gasteiger charge is -1.85. The molecule has 0 saturated heterocycles. The van der Waals surface area contributed by atoms with Crippen molar-refractivity contribution in [3.8, 4) is 0 Å². The highest BCUT2D eigenvalue weighted by Crippen LogP contribution is 1.72. The summed E-state index contributed by atoms with van der Waals surface area (Å²) in [6.07, 6.45) is 2.68. The molecule has 0 aromatic heterocycles. The summed E-state index contributed by atoms with van der Waals surface area (Å²) in [4.78, 5) is 13.6. The molecule has 0 saturated carbocycles. The summed E-state index contributed by atoms with van der Waals surface area (Å²) in [6.45, 7) is 0.283. The molecule has 6 N–H and O–H groups in total. The van der Waals surface area contributed by atoms with E-state index in [4.69, 9.17) is 17.2 Å². The van der Waals surface area contributed by atoms with E-state index in [1.807, 2.05) is 0 Å². The molecule has 1 amide bonds. The number of guanidine groups is 1. The third-order valence-electron chi connectivity index (χ3n) is 0.661. The molecule has 0 aromatic rings. The maximum atomic E-state index is 10.1. The van der Waals surface area contributed by atoms with Gasteiger partial charge >= 0.3 is 0 Å². The molecule has 5 heteroatoms. The third-order valence-corrected chi connectivity index (χ3v) is 0.661. The monoisotopic (exact) mass is 142 g/mol. The van der Waals surface area contributed by atoms with Crippen LogP contribution in [0.2, 0.25) is 0 Å². The molecule has 0 aromatic carbocycles. The van der Waals surface area contributed by atoms with Gasteiger partial charge in [-0.25, -0.2) is 4.99 Å². The van der Waals surface area contributed by atoms with E-state index in [-0.39, 0.29) is 12.5 Å². The number of aliphatic imine (C=N–C) groups is 1. The molecule has 0 heterocycles. The first-order chi connectivity index (χ1) is 4.63. The number of hydrogen-bond donors (Lipinski definition) is 3. The molecule has 0 radical (unpaired) electrons. The Bertz CT molecular complexity index is 168. The Hall–Kier alpha value is -1.52. The summed E-state index contributed by atoms with van der Waals surface area (Å²) < 4.78 is 0. The highest BCUT2D eigenvalue weighted by atomic mass is 16.1. The molecule has 5 nitrogen and oxygen atoms in total. The predicted octanol–water partition coefficient (Wildman–Crippen LogP) is -1.70. The standard InChI is InChI=1S/C5H10N4O/c6-4(10)2-1-3-9-5(7)8/h1-2H,3H2,(H2,6,10)(H4,7,8,9). The van der Waals surface area contributed by atoms with Gasteiger partial charge in [-0.15, -0.1) is 0 Å². The van der Waals surface area contributed by atoms with Crippen LogP contribution >= 0.6 is 0 Å². The highest BCUT2D eigenvalue weighted by Gasteiger charge is 1.80. The van der Waals surface area contributed by atoms with Crippen molar-refractivity contribution in [3.63, 3.8) is 0 Å². The second-order valence-corrected chi connectivity index (χ2v) is 1.57. The van der Waals surface area contributed by atoms with Gasteiger partial charge in [0, 0.05) is 6.08 Å². The maximum absolute atomic E-state index is 10.1. The van der Waals surface area contributed by atoms with Gasteiger partial charge in [-0.2, -0.15) is 0 Å². The van der Waals surface area contributed by atoms with Crippen molar-refractivity contribution in [1.82, 2.24) is 0 Å². The third kappa shape index (κ3) is 6.48. The van der Waals surface area contributed by atoms with Crippen molar-refractivity contribution in [3.05, 3.63) is 12.2 Å². The Balaban J connectivity index is 3.55. The first kappa shape index (κ1) is 8.48. The largest absolute Gasteiger partial charge is 0.370 e. The summed E-state index contributed by atoms with van der Waals surface area (Å²) in [6, 6.07) is 0. The minimum absolute atomic E-state index is 0.00544. The van der Waals surface area contributed by atoms with Gasteiger partial charge in [0.25, 0.3) is 0 Å². The Morgan fingerprint density at radius 3 is 2.40 bits per heavy atom. The fourth-order valence-corrected chi connectivity index (χ4v) is 0.327. The van der Waals surface area contributed by atoms with E-state index in [2.05, 4.69) is 4.99 Å². The van der Waals surface area contributed by atoms with Crippen molar-refractivity contribution in [2.45, 2.75) is 0 Å². The van der Waals surface area contributed by atoms with E-state index in [1.165, 1.54) is 12.2 Å². The summed E-state index contributed by atoms with van der Waals surface area (Å²) in [5.74, 6) is -0.514. The molecule has 0 spiro atoms. The van der Waals surface area contributed by atoms with Gasteiger partial charge in [0.1, 0.15) is 0 Å². The second kappa shape index (κ2) is 4.37. The lowest BCUT2D eigenvalue weighted by Crippen LogP contribution is -2.22. The van der Waals surface area contributed by atoms with Crippen LogP contribution in [0.25, 0.3) is 0 Å². The van der Waals surface area contributed by atoms with E-state index in [0.29, 0.717) is 0 Å². The molecule has 0 aliphatic heterocycles. The van der Waals surface area contributed by atoms with Crippen LogP contribution in [0.5, 0.6) is 0 Å². The van der Waals surface area contributed by atoms with Crippen LogP contribution in [0, 0.1) is 0 Å². The second-order valence-electron chi connectivity index (χ2n) is 1.57. The lowest BCUT2D eigenvalue weighted by atomic mass is 10.5. The van der Waals surface area contributed by atoms with Crippen LogP contribution in [-0.4, -0.2) is 18.4 Å². The Morgan fingerprint density at radius 2 is 2.00 bits per heavy atom. The number of hydrogen-bond acceptors (Lipinski definition) is 2. The molecule has 56 valence electrons. The molecule has 0 atom stereocenters. The highest BCUT2D eigenvalue weighted by molar-refractivity contribution is 5.85. The van der Waals surface area contributed by atoms with E-state index in [0.717, 1.165) is 0 Å². The molecular formula is C5H10N4O. The SMILES string of the molecule is NC(=O)C=CCN=C(N)N. The van der Waals surface area contributed by atoms with Crippen LogP contribution in [0.1, 0.15) is 0 Å². The minimum atomic E-state index is -0.509. The van der Waals surface area contributed by atoms with Gasteiger partial charge in [-0.1, -0.05) is 6.08 Å². The topological polar surface area (TPSA) is 107 Å². The number of primary amides is 1. The molecule has 0 unspecified atom stereocenters. The Morgan fingerprint density at radius 1 is 1.40 bits per heavy atom. The first-order valence-electron chi connectivity index (χ1n) is 2.64. The average molecular weight is 142 g/mol. The Kier molecular flexibility index (Phi) is 3.70. The molecule has 0 fully saturated rings. The van der Waals surface area contributed by atoms with Crippen molar-refractivity contribution in [2.75, 3.05) is 6.54 Å². The van der Waals surface area contributed by atoms with Gasteiger partial charge in [0.2, 0.25) is 5.91 Å². The number of amides is 1. The lowest BCUT2D eigenvalue weighted by molar-refractivity contribution is -0.113. The summed E-state index contributed by atoms with van der Waals surface area (Å²) >= 11 is 0. The fraction of sp³-hybridized carbons (Fsp3) is 0.200. The predicted molar refractivity (Wildman–Crippen MR) is 39.0 cm³/mol. The minimum Gasteiger partial charge on any atom is -0.370 e. The quantitative estimate of drug-likeness (QED) is 0.248. The van der Waals surface area contributed by atoms with E-state index < -0.39 is 5.91 Å². The molecular weight excluding hydrogens is 132 g/mol. The van der Waals surface area contributed by atoms with Crippen LogP contribution in [0.15, 0.2) is 17.1 Å². The van der Waals surface area contributed by atoms with E-state index in [9.17, 15) is 4.79 Å². The number of nitrogens with two attached hydrogens (primary N) is 3. The van der Waals surface area contributed by atoms with Crippen molar-refractivity contribution >= 4 is 11.9 Å². The molecule has 0 aliphatic carbocycles. The molecule has 0 rings (SSSR count). The van der Waals surface area contributed by atoms with Gasteiger partial charge in [-0.3, -0.25) is 4.79 Å². The van der Waals surface area contributed by atoms with Crippen molar-refractivity contribution in [2.24, 2.45) is 22.2 Å². The average Bonchev–Trinajstić information content (AvgIpc) is 1.79. The van der Waals surface area contributed by atoms with Crippen LogP contribution < -0.4 is 17.2 Å². The molecule has 0 bridgehead atoms. The van der Waals surface area contributed by atoms with Crippen LogP contribution in [0.4, 0.5) is 0 Å². The normalized spacial score (nSPS) is 9.60. The van der Waals surface area contributed by atoms with Gasteiger partial charge in [0.15, 0.2) is 5.96 Å². The number of rotatable bonds is 3. The Labute approximate surface area is 58.6 Å². The smallest absolute Gasteiger partial charge is 0.241 e. The zero-order valence-corrected chi connectivity index (χ0v) is 5.45. The number of carbonyl (C=O) groups excluding carboxylic acids is 1. The molecule has 0 aliphatic rings. The number of carbonyl (C=O) groups is 1. The van der Waals surface area contributed by atoms with Gasteiger partial charge < -0.3 is 17.2 Å². The first-order valence-corrected chi connectivity index (χ1v) is 2.64. The fourth-order valence-electron chi connectivity index (χ4n) is 0.327. The summed E-state index contributed by atoms with van der Waals surface area (Å²) in [5, 5.41) is 0. The maximum Gasteiger partial charge on any atom is 0.241 e. The summed E-state index contributed by atoms with van der Waals surface area (Å²) in [7, 11) is 0. The van der Waals surface area contributed by atoms with E-state index in [1.54, 1.807) is 0 Å². The van der Waals surface area contributed by atoms with Crippen LogP contribution in [0.3, 0.4) is 0 Å². The zero-order chi connectivity index (χ0) is 7.98. The van der Waals surface area contributed by atoms with Gasteiger partial charge in [0.05, 0.1) is 6.54 Å². The van der Waals surface area contributed by atoms with Crippen molar-refractivity contribution < 1.29 is 4.79 Å². The number of nitrogens with zero attached hydrogens (tertiary/aromatic N) is 1. The van der Waals surface area contributed by atoms with Crippen LogP contribution in [-0.2, 0) is 4.79 Å². The van der Waals surface area contributed by atoms with Crippen molar-refractivity contribution in [1.29, 1.82) is 0 Å². The molecule has 10 heavy (non-hydrogen) atoms. The van der Waals surface area contributed by atoms with E-state index >= 15 is 0 Å². The van der Waals surface area contributed by atoms with Gasteiger partial charge in [-0.05, 0) is 0 Å².